The SMILES string of the molecule is NCC1(Cc2cc(Cl)ccc2Cl)CC2CCC1O2. The van der Waals surface area contributed by atoms with Gasteiger partial charge >= 0.3 is 0 Å². The van der Waals surface area contributed by atoms with Crippen LogP contribution in [0, 0.1) is 5.41 Å². The van der Waals surface area contributed by atoms with Crippen LogP contribution in [0.5, 0.6) is 0 Å². The Morgan fingerprint density at radius 1 is 1.33 bits per heavy atom. The van der Waals surface area contributed by atoms with Gasteiger partial charge in [0.2, 0.25) is 0 Å². The van der Waals surface area contributed by atoms with Crippen LogP contribution >= 0.6 is 23.2 Å². The second kappa shape index (κ2) is 4.68. The molecule has 2 bridgehead atoms. The van der Waals surface area contributed by atoms with Gasteiger partial charge in [0.15, 0.2) is 0 Å². The number of benzene rings is 1. The summed E-state index contributed by atoms with van der Waals surface area (Å²) in [5, 5.41) is 1.50. The first-order chi connectivity index (χ1) is 8.63. The Labute approximate surface area is 117 Å². The minimum Gasteiger partial charge on any atom is -0.374 e. The zero-order valence-corrected chi connectivity index (χ0v) is 11.7. The first-order valence-electron chi connectivity index (χ1n) is 6.42. The summed E-state index contributed by atoms with van der Waals surface area (Å²) in [6.45, 7) is 0.650. The number of halogens is 2. The number of rotatable bonds is 3. The molecule has 18 heavy (non-hydrogen) atoms. The molecule has 2 aliphatic rings. The van der Waals surface area contributed by atoms with E-state index in [9.17, 15) is 0 Å². The van der Waals surface area contributed by atoms with E-state index in [1.54, 1.807) is 0 Å². The van der Waals surface area contributed by atoms with E-state index in [-0.39, 0.29) is 5.41 Å². The van der Waals surface area contributed by atoms with Crippen LogP contribution in [0.1, 0.15) is 24.8 Å². The van der Waals surface area contributed by atoms with E-state index in [1.165, 1.54) is 6.42 Å². The zero-order chi connectivity index (χ0) is 12.8. The lowest BCUT2D eigenvalue weighted by atomic mass is 9.70. The molecule has 3 atom stereocenters. The smallest absolute Gasteiger partial charge is 0.0652 e. The number of nitrogens with two attached hydrogens (primary N) is 1. The topological polar surface area (TPSA) is 35.2 Å². The first kappa shape index (κ1) is 12.7. The fraction of sp³-hybridized carbons (Fsp3) is 0.571. The highest BCUT2D eigenvalue weighted by atomic mass is 35.5. The van der Waals surface area contributed by atoms with Gasteiger partial charge in [-0.1, -0.05) is 23.2 Å². The minimum atomic E-state index is 0.0528. The van der Waals surface area contributed by atoms with Gasteiger partial charge in [-0.15, -0.1) is 0 Å². The molecule has 0 spiro atoms. The molecule has 2 fully saturated rings. The number of ether oxygens (including phenoxy) is 1. The van der Waals surface area contributed by atoms with Crippen LogP contribution in [0.15, 0.2) is 18.2 Å². The molecule has 0 amide bonds. The summed E-state index contributed by atoms with van der Waals surface area (Å²) in [5.41, 5.74) is 7.18. The summed E-state index contributed by atoms with van der Waals surface area (Å²) in [6, 6.07) is 5.63. The molecule has 98 valence electrons. The van der Waals surface area contributed by atoms with Gasteiger partial charge in [0.05, 0.1) is 12.2 Å². The molecule has 0 radical (unpaired) electrons. The maximum absolute atomic E-state index is 6.26. The van der Waals surface area contributed by atoms with Crippen LogP contribution in [-0.4, -0.2) is 18.8 Å². The molecule has 0 aromatic heterocycles. The molecule has 3 unspecified atom stereocenters. The van der Waals surface area contributed by atoms with Crippen molar-refractivity contribution < 1.29 is 4.74 Å². The molecule has 2 aliphatic heterocycles. The van der Waals surface area contributed by atoms with E-state index < -0.39 is 0 Å². The molecule has 2 nitrogen and oxygen atoms in total. The Balaban J connectivity index is 1.88. The molecule has 0 aliphatic carbocycles. The van der Waals surface area contributed by atoms with E-state index in [0.717, 1.165) is 34.9 Å². The van der Waals surface area contributed by atoms with Crippen LogP contribution in [0.25, 0.3) is 0 Å². The van der Waals surface area contributed by atoms with Crippen LogP contribution < -0.4 is 5.73 Å². The van der Waals surface area contributed by atoms with Crippen LogP contribution in [0.4, 0.5) is 0 Å². The summed E-state index contributed by atoms with van der Waals surface area (Å²) in [6.07, 6.45) is 4.91. The van der Waals surface area contributed by atoms with Gasteiger partial charge in [0, 0.05) is 22.0 Å². The summed E-state index contributed by atoms with van der Waals surface area (Å²) >= 11 is 12.3. The van der Waals surface area contributed by atoms with E-state index in [0.29, 0.717) is 18.8 Å². The third-order valence-corrected chi connectivity index (χ3v) is 4.99. The summed E-state index contributed by atoms with van der Waals surface area (Å²) in [4.78, 5) is 0. The van der Waals surface area contributed by atoms with E-state index in [1.807, 2.05) is 18.2 Å². The van der Waals surface area contributed by atoms with Gasteiger partial charge in [0.1, 0.15) is 0 Å². The summed E-state index contributed by atoms with van der Waals surface area (Å²) in [7, 11) is 0. The molecule has 2 N–H and O–H groups in total. The maximum Gasteiger partial charge on any atom is 0.0652 e. The second-order valence-corrected chi connectivity index (χ2v) is 6.35. The number of fused-ring (bicyclic) bond motifs is 2. The number of hydrogen-bond acceptors (Lipinski definition) is 2. The standard InChI is InChI=1S/C14H17Cl2NO/c15-10-1-3-12(16)9(5-10)6-14(8-17)7-11-2-4-13(14)18-11/h1,3,5,11,13H,2,4,6-8,17H2. The Bertz CT molecular complexity index is 465. The third kappa shape index (κ3) is 2.05. The van der Waals surface area contributed by atoms with Crippen molar-refractivity contribution in [1.29, 1.82) is 0 Å². The van der Waals surface area contributed by atoms with Crippen molar-refractivity contribution in [3.8, 4) is 0 Å². The normalized spacial score (nSPS) is 34.2. The van der Waals surface area contributed by atoms with Crippen LogP contribution in [-0.2, 0) is 11.2 Å². The quantitative estimate of drug-likeness (QED) is 0.924. The van der Waals surface area contributed by atoms with Crippen molar-refractivity contribution in [2.45, 2.75) is 37.9 Å². The molecule has 1 aromatic carbocycles. The van der Waals surface area contributed by atoms with Crippen molar-refractivity contribution in [3.63, 3.8) is 0 Å². The van der Waals surface area contributed by atoms with E-state index in [2.05, 4.69) is 0 Å². The average Bonchev–Trinajstić information content (AvgIpc) is 2.94. The Hall–Kier alpha value is -0.280. The average molecular weight is 286 g/mol. The van der Waals surface area contributed by atoms with Crippen molar-refractivity contribution in [1.82, 2.24) is 0 Å². The molecule has 4 heteroatoms. The highest BCUT2D eigenvalue weighted by Gasteiger charge is 2.51. The molecular formula is C14H17Cl2NO. The summed E-state index contributed by atoms with van der Waals surface area (Å²) in [5.74, 6) is 0. The Kier molecular flexibility index (Phi) is 3.31. The fourth-order valence-corrected chi connectivity index (χ4v) is 3.80. The van der Waals surface area contributed by atoms with Gasteiger partial charge < -0.3 is 10.5 Å². The molecular weight excluding hydrogens is 269 g/mol. The van der Waals surface area contributed by atoms with Gasteiger partial charge in [-0.2, -0.15) is 0 Å². The summed E-state index contributed by atoms with van der Waals surface area (Å²) < 4.78 is 5.97. The number of hydrogen-bond donors (Lipinski definition) is 1. The first-order valence-corrected chi connectivity index (χ1v) is 7.18. The van der Waals surface area contributed by atoms with Crippen molar-refractivity contribution in [2.75, 3.05) is 6.54 Å². The Morgan fingerprint density at radius 3 is 2.78 bits per heavy atom. The van der Waals surface area contributed by atoms with Crippen LogP contribution in [0.2, 0.25) is 10.0 Å². The van der Waals surface area contributed by atoms with E-state index >= 15 is 0 Å². The van der Waals surface area contributed by atoms with Crippen molar-refractivity contribution in [2.24, 2.45) is 11.1 Å². The van der Waals surface area contributed by atoms with Gasteiger partial charge in [-0.3, -0.25) is 0 Å². The maximum atomic E-state index is 6.26. The second-order valence-electron chi connectivity index (χ2n) is 5.51. The van der Waals surface area contributed by atoms with Crippen LogP contribution in [0.3, 0.4) is 0 Å². The molecule has 1 aromatic rings. The lowest BCUT2D eigenvalue weighted by Crippen LogP contribution is -2.41. The highest BCUT2D eigenvalue weighted by molar-refractivity contribution is 6.33. The van der Waals surface area contributed by atoms with E-state index in [4.69, 9.17) is 33.7 Å². The van der Waals surface area contributed by atoms with Gasteiger partial charge in [-0.05, 0) is 49.4 Å². The Morgan fingerprint density at radius 2 is 2.17 bits per heavy atom. The molecule has 3 rings (SSSR count). The predicted molar refractivity (Wildman–Crippen MR) is 74.2 cm³/mol. The highest BCUT2D eigenvalue weighted by Crippen LogP contribution is 2.49. The molecule has 2 saturated heterocycles. The van der Waals surface area contributed by atoms with Crippen molar-refractivity contribution in [3.05, 3.63) is 33.8 Å². The third-order valence-electron chi connectivity index (χ3n) is 4.38. The lowest BCUT2D eigenvalue weighted by Gasteiger charge is -2.34. The van der Waals surface area contributed by atoms with Gasteiger partial charge in [0.25, 0.3) is 0 Å². The van der Waals surface area contributed by atoms with Crippen molar-refractivity contribution >= 4 is 23.2 Å². The minimum absolute atomic E-state index is 0.0528. The zero-order valence-electron chi connectivity index (χ0n) is 10.2. The molecule has 0 saturated carbocycles. The predicted octanol–water partition coefficient (Wildman–Crippen LogP) is 3.43. The largest absolute Gasteiger partial charge is 0.374 e. The fourth-order valence-electron chi connectivity index (χ4n) is 3.42. The van der Waals surface area contributed by atoms with Gasteiger partial charge in [-0.25, -0.2) is 0 Å². The molecule has 2 heterocycles. The lowest BCUT2D eigenvalue weighted by molar-refractivity contribution is 0.0636. The monoisotopic (exact) mass is 285 g/mol.